The minimum Gasteiger partial charge on any atom is -0.382 e. The average molecular weight is 349 g/mol. The van der Waals surface area contributed by atoms with Crippen LogP contribution in [0.2, 0.25) is 0 Å². The lowest BCUT2D eigenvalue weighted by Gasteiger charge is -2.23. The first-order valence-corrected chi connectivity index (χ1v) is 8.53. The van der Waals surface area contributed by atoms with Gasteiger partial charge in [0, 0.05) is 32.5 Å². The van der Waals surface area contributed by atoms with Crippen molar-refractivity contribution in [1.29, 1.82) is 5.26 Å². The minimum absolute atomic E-state index is 0.422. The van der Waals surface area contributed by atoms with Crippen LogP contribution in [0.5, 0.6) is 0 Å². The molecule has 0 aromatic heterocycles. The summed E-state index contributed by atoms with van der Waals surface area (Å²) < 4.78 is 10.7. The molecule has 0 saturated heterocycles. The largest absolute Gasteiger partial charge is 0.382 e. The molecule has 1 N–H and O–H groups in total. The van der Waals surface area contributed by atoms with E-state index in [1.165, 1.54) is 5.39 Å². The van der Waals surface area contributed by atoms with Gasteiger partial charge in [-0.05, 0) is 46.8 Å². The van der Waals surface area contributed by atoms with Crippen molar-refractivity contribution < 1.29 is 9.47 Å². The molecule has 134 valence electrons. The van der Waals surface area contributed by atoms with Crippen LogP contribution in [0, 0.1) is 11.3 Å². The van der Waals surface area contributed by atoms with Crippen LogP contribution in [0.4, 0.5) is 5.69 Å². The maximum atomic E-state index is 9.66. The molecule has 1 heterocycles. The number of fused-ring (bicyclic) bond motifs is 1. The topological polar surface area (TPSA) is 57.5 Å². The summed E-state index contributed by atoms with van der Waals surface area (Å²) in [6.07, 6.45) is 3.29. The van der Waals surface area contributed by atoms with E-state index in [9.17, 15) is 5.26 Å². The molecule has 1 aliphatic heterocycles. The van der Waals surface area contributed by atoms with E-state index in [4.69, 9.17) is 9.47 Å². The SMILES string of the molecule is COCCOC1NC=CC(c2ccc3cc(N(C)C)ccc3c2)=C1C#N. The Bertz CT molecular complexity index is 894. The summed E-state index contributed by atoms with van der Waals surface area (Å²) in [7, 11) is 5.69. The van der Waals surface area contributed by atoms with Crippen LogP contribution in [-0.2, 0) is 9.47 Å². The molecule has 0 spiro atoms. The quantitative estimate of drug-likeness (QED) is 0.811. The lowest BCUT2D eigenvalue weighted by atomic mass is 9.95. The second-order valence-electron chi connectivity index (χ2n) is 6.32. The summed E-state index contributed by atoms with van der Waals surface area (Å²) in [5.74, 6) is 0. The lowest BCUT2D eigenvalue weighted by Crippen LogP contribution is -2.33. The average Bonchev–Trinajstić information content (AvgIpc) is 2.67. The van der Waals surface area contributed by atoms with Crippen molar-refractivity contribution in [3.63, 3.8) is 0 Å². The molecule has 26 heavy (non-hydrogen) atoms. The first-order valence-electron chi connectivity index (χ1n) is 8.53. The Balaban J connectivity index is 1.96. The predicted octanol–water partition coefficient (Wildman–Crippen LogP) is 3.29. The van der Waals surface area contributed by atoms with Gasteiger partial charge >= 0.3 is 0 Å². The molecule has 3 rings (SSSR count). The van der Waals surface area contributed by atoms with Gasteiger partial charge in [-0.25, -0.2) is 0 Å². The zero-order valence-corrected chi connectivity index (χ0v) is 15.3. The number of dihydropyridines is 1. The Morgan fingerprint density at radius 2 is 1.88 bits per heavy atom. The fourth-order valence-electron chi connectivity index (χ4n) is 2.96. The van der Waals surface area contributed by atoms with Crippen LogP contribution in [0.25, 0.3) is 16.3 Å². The molecule has 0 bridgehead atoms. The third-order valence-electron chi connectivity index (χ3n) is 4.39. The maximum absolute atomic E-state index is 9.66. The van der Waals surface area contributed by atoms with Crippen LogP contribution in [0.3, 0.4) is 0 Å². The Morgan fingerprint density at radius 1 is 1.12 bits per heavy atom. The number of methoxy groups -OCH3 is 1. The van der Waals surface area contributed by atoms with E-state index >= 15 is 0 Å². The zero-order valence-electron chi connectivity index (χ0n) is 15.3. The molecule has 0 fully saturated rings. The number of nitrogens with zero attached hydrogens (tertiary/aromatic N) is 2. The molecule has 2 aromatic rings. The highest BCUT2D eigenvalue weighted by atomic mass is 16.5. The molecular formula is C21H23N3O2. The van der Waals surface area contributed by atoms with Gasteiger partial charge in [-0.2, -0.15) is 5.26 Å². The number of benzene rings is 2. The Kier molecular flexibility index (Phi) is 5.57. The van der Waals surface area contributed by atoms with E-state index < -0.39 is 6.23 Å². The van der Waals surface area contributed by atoms with Gasteiger partial charge in [0.25, 0.3) is 0 Å². The van der Waals surface area contributed by atoms with Crippen LogP contribution in [0.1, 0.15) is 5.56 Å². The minimum atomic E-state index is -0.457. The first-order chi connectivity index (χ1) is 12.6. The Hall–Kier alpha value is -2.81. The molecule has 1 unspecified atom stereocenters. The molecule has 0 amide bonds. The number of anilines is 1. The molecule has 0 saturated carbocycles. The standard InChI is InChI=1S/C21H23N3O2/c1-24(2)18-7-6-15-12-17(5-4-16(15)13-18)19-8-9-23-21(20(19)14-22)26-11-10-25-3/h4-9,12-13,21,23H,10-11H2,1-3H3. The summed E-state index contributed by atoms with van der Waals surface area (Å²) in [5.41, 5.74) is 3.63. The number of allylic oxidation sites excluding steroid dienone is 2. The van der Waals surface area contributed by atoms with Crippen LogP contribution >= 0.6 is 0 Å². The second kappa shape index (κ2) is 8.05. The third-order valence-corrected chi connectivity index (χ3v) is 4.39. The van der Waals surface area contributed by atoms with E-state index in [-0.39, 0.29) is 0 Å². The molecular weight excluding hydrogens is 326 g/mol. The van der Waals surface area contributed by atoms with Gasteiger partial charge in [0.1, 0.15) is 6.07 Å². The highest BCUT2D eigenvalue weighted by Gasteiger charge is 2.21. The normalized spacial score (nSPS) is 16.5. The molecule has 2 aromatic carbocycles. The fraction of sp³-hybridized carbons (Fsp3) is 0.286. The molecule has 0 radical (unpaired) electrons. The zero-order chi connectivity index (χ0) is 18.5. The van der Waals surface area contributed by atoms with Crippen LogP contribution < -0.4 is 10.2 Å². The molecule has 5 nitrogen and oxygen atoms in total. The van der Waals surface area contributed by atoms with E-state index in [2.05, 4.69) is 52.7 Å². The molecule has 1 aliphatic rings. The second-order valence-corrected chi connectivity index (χ2v) is 6.32. The van der Waals surface area contributed by atoms with Crippen molar-refractivity contribution >= 4 is 22.0 Å². The Morgan fingerprint density at radius 3 is 2.62 bits per heavy atom. The summed E-state index contributed by atoms with van der Waals surface area (Å²) in [5, 5.41) is 15.1. The van der Waals surface area contributed by atoms with Crippen molar-refractivity contribution in [2.75, 3.05) is 39.3 Å². The summed E-state index contributed by atoms with van der Waals surface area (Å²) in [6, 6.07) is 14.9. The molecule has 5 heteroatoms. The van der Waals surface area contributed by atoms with Crippen LogP contribution in [0.15, 0.2) is 54.2 Å². The van der Waals surface area contributed by atoms with Gasteiger partial charge in [0.15, 0.2) is 6.23 Å². The highest BCUT2D eigenvalue weighted by molar-refractivity contribution is 5.91. The fourth-order valence-corrected chi connectivity index (χ4v) is 2.96. The van der Waals surface area contributed by atoms with E-state index in [1.807, 2.05) is 26.4 Å². The first kappa shape index (κ1) is 18.0. The number of hydrogen-bond donors (Lipinski definition) is 1. The highest BCUT2D eigenvalue weighted by Crippen LogP contribution is 2.29. The van der Waals surface area contributed by atoms with Gasteiger partial charge in [0.2, 0.25) is 0 Å². The number of nitriles is 1. The van der Waals surface area contributed by atoms with Gasteiger partial charge in [0.05, 0.1) is 18.8 Å². The van der Waals surface area contributed by atoms with Gasteiger partial charge in [-0.3, -0.25) is 0 Å². The molecule has 1 atom stereocenters. The van der Waals surface area contributed by atoms with E-state index in [0.29, 0.717) is 18.8 Å². The summed E-state index contributed by atoms with van der Waals surface area (Å²) >= 11 is 0. The van der Waals surface area contributed by atoms with E-state index in [0.717, 1.165) is 22.2 Å². The number of nitrogens with one attached hydrogen (secondary N) is 1. The van der Waals surface area contributed by atoms with Gasteiger partial charge in [-0.15, -0.1) is 0 Å². The van der Waals surface area contributed by atoms with Crippen molar-refractivity contribution in [2.24, 2.45) is 0 Å². The van der Waals surface area contributed by atoms with Crippen molar-refractivity contribution in [3.05, 3.63) is 59.8 Å². The van der Waals surface area contributed by atoms with Gasteiger partial charge < -0.3 is 19.7 Å². The number of rotatable bonds is 6. The summed E-state index contributed by atoms with van der Waals surface area (Å²) in [4.78, 5) is 2.08. The van der Waals surface area contributed by atoms with Crippen LogP contribution in [-0.4, -0.2) is 40.6 Å². The monoisotopic (exact) mass is 349 g/mol. The predicted molar refractivity (Wildman–Crippen MR) is 105 cm³/mol. The lowest BCUT2D eigenvalue weighted by molar-refractivity contribution is 0.0269. The number of ether oxygens (including phenoxy) is 2. The van der Waals surface area contributed by atoms with Gasteiger partial charge in [-0.1, -0.05) is 18.2 Å². The van der Waals surface area contributed by atoms with Crippen molar-refractivity contribution in [1.82, 2.24) is 5.32 Å². The van der Waals surface area contributed by atoms with E-state index in [1.54, 1.807) is 7.11 Å². The number of hydrogen-bond acceptors (Lipinski definition) is 5. The summed E-state index contributed by atoms with van der Waals surface area (Å²) in [6.45, 7) is 0.908. The third kappa shape index (κ3) is 3.72. The van der Waals surface area contributed by atoms with Crippen molar-refractivity contribution in [3.8, 4) is 6.07 Å². The Labute approximate surface area is 154 Å². The molecule has 0 aliphatic carbocycles. The maximum Gasteiger partial charge on any atom is 0.164 e. The van der Waals surface area contributed by atoms with Crippen molar-refractivity contribution in [2.45, 2.75) is 6.23 Å². The smallest absolute Gasteiger partial charge is 0.164 e.